The Balaban J connectivity index is 2.63. The molecule has 4 nitrogen and oxygen atoms in total. The molecule has 108 valence electrons. The van der Waals surface area contributed by atoms with Crippen LogP contribution in [0.4, 0.5) is 0 Å². The highest BCUT2D eigenvalue weighted by atomic mass is 35.5. The van der Waals surface area contributed by atoms with Crippen LogP contribution in [0.25, 0.3) is 0 Å². The SMILES string of the molecule is CCCNCc1cccc(Cl)c1OCC(O)COC. The van der Waals surface area contributed by atoms with Gasteiger partial charge in [0.1, 0.15) is 18.5 Å². The number of hydrogen-bond donors (Lipinski definition) is 2. The number of benzene rings is 1. The summed E-state index contributed by atoms with van der Waals surface area (Å²) < 4.78 is 10.5. The topological polar surface area (TPSA) is 50.7 Å². The Morgan fingerprint density at radius 1 is 1.37 bits per heavy atom. The Labute approximate surface area is 119 Å². The summed E-state index contributed by atoms with van der Waals surface area (Å²) in [4.78, 5) is 0. The predicted octanol–water partition coefficient (Wildman–Crippen LogP) is 2.23. The van der Waals surface area contributed by atoms with Crippen LogP contribution in [0.5, 0.6) is 5.75 Å². The fourth-order valence-corrected chi connectivity index (χ4v) is 1.92. The number of methoxy groups -OCH3 is 1. The van der Waals surface area contributed by atoms with Crippen LogP contribution in [0.15, 0.2) is 18.2 Å². The molecule has 2 N–H and O–H groups in total. The lowest BCUT2D eigenvalue weighted by molar-refractivity contribution is 0.0323. The molecule has 0 bridgehead atoms. The van der Waals surface area contributed by atoms with Gasteiger partial charge in [-0.25, -0.2) is 0 Å². The van der Waals surface area contributed by atoms with Crippen molar-refractivity contribution in [3.63, 3.8) is 0 Å². The standard InChI is InChI=1S/C14H22ClNO3/c1-3-7-16-8-11-5-4-6-13(15)14(11)19-10-12(17)9-18-2/h4-6,12,16-17H,3,7-10H2,1-2H3. The maximum absolute atomic E-state index is 9.60. The lowest BCUT2D eigenvalue weighted by Crippen LogP contribution is -2.23. The third-order valence-corrected chi connectivity index (χ3v) is 2.87. The number of ether oxygens (including phenoxy) is 2. The first kappa shape index (κ1) is 16.2. The second kappa shape index (κ2) is 9.15. The quantitative estimate of drug-likeness (QED) is 0.684. The zero-order chi connectivity index (χ0) is 14.1. The minimum absolute atomic E-state index is 0.165. The molecular formula is C14H22ClNO3. The van der Waals surface area contributed by atoms with Gasteiger partial charge in [0.25, 0.3) is 0 Å². The number of aliphatic hydroxyl groups excluding tert-OH is 1. The number of para-hydroxylation sites is 1. The Bertz CT molecular complexity index is 374. The number of nitrogens with one attached hydrogen (secondary N) is 1. The van der Waals surface area contributed by atoms with Gasteiger partial charge in [0.2, 0.25) is 0 Å². The zero-order valence-corrected chi connectivity index (χ0v) is 12.2. The summed E-state index contributed by atoms with van der Waals surface area (Å²) in [6, 6.07) is 5.64. The minimum atomic E-state index is -0.655. The number of aliphatic hydroxyl groups is 1. The largest absolute Gasteiger partial charge is 0.489 e. The third kappa shape index (κ3) is 5.78. The van der Waals surface area contributed by atoms with E-state index in [2.05, 4.69) is 12.2 Å². The van der Waals surface area contributed by atoms with E-state index >= 15 is 0 Å². The van der Waals surface area contributed by atoms with Crippen molar-refractivity contribution in [2.24, 2.45) is 0 Å². The predicted molar refractivity (Wildman–Crippen MR) is 76.8 cm³/mol. The first-order chi connectivity index (χ1) is 9.19. The van der Waals surface area contributed by atoms with E-state index in [1.807, 2.05) is 12.1 Å². The number of rotatable bonds is 9. The van der Waals surface area contributed by atoms with E-state index in [4.69, 9.17) is 21.1 Å². The molecule has 1 unspecified atom stereocenters. The van der Waals surface area contributed by atoms with Crippen molar-refractivity contribution in [1.82, 2.24) is 5.32 Å². The van der Waals surface area contributed by atoms with Crippen LogP contribution in [0.1, 0.15) is 18.9 Å². The molecule has 0 heterocycles. The maximum atomic E-state index is 9.60. The average molecular weight is 288 g/mol. The lowest BCUT2D eigenvalue weighted by atomic mass is 10.2. The van der Waals surface area contributed by atoms with Crippen molar-refractivity contribution in [1.29, 1.82) is 0 Å². The molecular weight excluding hydrogens is 266 g/mol. The molecule has 1 rings (SSSR count). The highest BCUT2D eigenvalue weighted by molar-refractivity contribution is 6.32. The minimum Gasteiger partial charge on any atom is -0.489 e. The molecule has 0 aliphatic heterocycles. The summed E-state index contributed by atoms with van der Waals surface area (Å²) in [7, 11) is 1.54. The van der Waals surface area contributed by atoms with E-state index in [-0.39, 0.29) is 13.2 Å². The van der Waals surface area contributed by atoms with Gasteiger partial charge in [0.15, 0.2) is 0 Å². The summed E-state index contributed by atoms with van der Waals surface area (Å²) >= 11 is 6.14. The molecule has 0 aliphatic rings. The van der Waals surface area contributed by atoms with Crippen molar-refractivity contribution in [2.45, 2.75) is 26.0 Å². The van der Waals surface area contributed by atoms with E-state index in [1.165, 1.54) is 0 Å². The zero-order valence-electron chi connectivity index (χ0n) is 11.5. The molecule has 0 aromatic heterocycles. The van der Waals surface area contributed by atoms with Crippen molar-refractivity contribution in [2.75, 3.05) is 26.9 Å². The first-order valence-electron chi connectivity index (χ1n) is 6.47. The molecule has 0 radical (unpaired) electrons. The van der Waals surface area contributed by atoms with Gasteiger partial charge in [0, 0.05) is 19.2 Å². The maximum Gasteiger partial charge on any atom is 0.142 e. The highest BCUT2D eigenvalue weighted by Crippen LogP contribution is 2.28. The fraction of sp³-hybridized carbons (Fsp3) is 0.571. The number of hydrogen-bond acceptors (Lipinski definition) is 4. The van der Waals surface area contributed by atoms with Crippen LogP contribution in [0.2, 0.25) is 5.02 Å². The Kier molecular flexibility index (Phi) is 7.82. The van der Waals surface area contributed by atoms with Crippen LogP contribution < -0.4 is 10.1 Å². The molecule has 0 saturated heterocycles. The van der Waals surface area contributed by atoms with E-state index < -0.39 is 6.10 Å². The van der Waals surface area contributed by atoms with Gasteiger partial charge in [-0.3, -0.25) is 0 Å². The van der Waals surface area contributed by atoms with E-state index in [9.17, 15) is 5.11 Å². The van der Waals surface area contributed by atoms with Crippen LogP contribution in [0.3, 0.4) is 0 Å². The molecule has 0 saturated carbocycles. The van der Waals surface area contributed by atoms with Crippen LogP contribution in [-0.2, 0) is 11.3 Å². The normalized spacial score (nSPS) is 12.4. The van der Waals surface area contributed by atoms with Crippen molar-refractivity contribution >= 4 is 11.6 Å². The van der Waals surface area contributed by atoms with E-state index in [1.54, 1.807) is 13.2 Å². The molecule has 1 atom stereocenters. The average Bonchev–Trinajstić information content (AvgIpc) is 2.38. The summed E-state index contributed by atoms with van der Waals surface area (Å²) in [5.74, 6) is 0.628. The molecule has 5 heteroatoms. The van der Waals surface area contributed by atoms with Crippen molar-refractivity contribution < 1.29 is 14.6 Å². The fourth-order valence-electron chi connectivity index (χ4n) is 1.67. The van der Waals surface area contributed by atoms with Gasteiger partial charge < -0.3 is 19.9 Å². The van der Waals surface area contributed by atoms with Crippen LogP contribution in [-0.4, -0.2) is 38.1 Å². The Morgan fingerprint density at radius 3 is 2.84 bits per heavy atom. The van der Waals surface area contributed by atoms with Gasteiger partial charge in [-0.2, -0.15) is 0 Å². The summed E-state index contributed by atoms with van der Waals surface area (Å²) in [6.07, 6.45) is 0.418. The smallest absolute Gasteiger partial charge is 0.142 e. The van der Waals surface area contributed by atoms with Gasteiger partial charge in [0.05, 0.1) is 11.6 Å². The molecule has 0 spiro atoms. The molecule has 1 aromatic carbocycles. The molecule has 0 aliphatic carbocycles. The van der Waals surface area contributed by atoms with E-state index in [0.29, 0.717) is 17.3 Å². The second-order valence-electron chi connectivity index (χ2n) is 4.33. The summed E-state index contributed by atoms with van der Waals surface area (Å²) in [5.41, 5.74) is 0.991. The lowest BCUT2D eigenvalue weighted by Gasteiger charge is -2.16. The summed E-state index contributed by atoms with van der Waals surface area (Å²) in [5, 5.41) is 13.5. The molecule has 0 amide bonds. The second-order valence-corrected chi connectivity index (χ2v) is 4.73. The van der Waals surface area contributed by atoms with Gasteiger partial charge in [-0.15, -0.1) is 0 Å². The Hall–Kier alpha value is -0.810. The van der Waals surface area contributed by atoms with E-state index in [0.717, 1.165) is 18.5 Å². The Morgan fingerprint density at radius 2 is 2.16 bits per heavy atom. The highest BCUT2D eigenvalue weighted by Gasteiger charge is 2.11. The van der Waals surface area contributed by atoms with Crippen molar-refractivity contribution in [3.8, 4) is 5.75 Å². The van der Waals surface area contributed by atoms with Crippen LogP contribution in [0, 0.1) is 0 Å². The summed E-state index contributed by atoms with van der Waals surface area (Å²) in [6.45, 7) is 4.16. The third-order valence-electron chi connectivity index (χ3n) is 2.57. The van der Waals surface area contributed by atoms with Crippen LogP contribution >= 0.6 is 11.6 Å². The van der Waals surface area contributed by atoms with Crippen molar-refractivity contribution in [3.05, 3.63) is 28.8 Å². The first-order valence-corrected chi connectivity index (χ1v) is 6.84. The van der Waals surface area contributed by atoms with Gasteiger partial charge >= 0.3 is 0 Å². The van der Waals surface area contributed by atoms with Gasteiger partial charge in [-0.05, 0) is 19.0 Å². The van der Waals surface area contributed by atoms with Gasteiger partial charge in [-0.1, -0.05) is 30.7 Å². The molecule has 1 aromatic rings. The number of halogens is 1. The monoisotopic (exact) mass is 287 g/mol. The molecule has 0 fully saturated rings. The molecule has 19 heavy (non-hydrogen) atoms.